The van der Waals surface area contributed by atoms with Gasteiger partial charge in [0.1, 0.15) is 11.6 Å². The molecule has 186 valence electrons. The van der Waals surface area contributed by atoms with E-state index in [-0.39, 0.29) is 6.04 Å². The molecule has 8 heteroatoms. The molecule has 7 nitrogen and oxygen atoms in total. The Kier molecular flexibility index (Phi) is 6.75. The van der Waals surface area contributed by atoms with Crippen LogP contribution in [0.15, 0.2) is 77.7 Å². The number of nitrogens with one attached hydrogen (secondary N) is 1. The third kappa shape index (κ3) is 4.84. The van der Waals surface area contributed by atoms with Crippen molar-refractivity contribution >= 4 is 32.4 Å². The molecule has 2 heterocycles. The number of para-hydroxylation sites is 2. The second-order valence-electron chi connectivity index (χ2n) is 9.32. The Morgan fingerprint density at radius 2 is 1.50 bits per heavy atom. The van der Waals surface area contributed by atoms with Crippen LogP contribution in [0.25, 0.3) is 10.9 Å². The van der Waals surface area contributed by atoms with Crippen LogP contribution in [0.5, 0.6) is 0 Å². The van der Waals surface area contributed by atoms with Crippen LogP contribution < -0.4 is 5.32 Å². The van der Waals surface area contributed by atoms with Crippen molar-refractivity contribution in [2.75, 3.05) is 31.5 Å². The summed E-state index contributed by atoms with van der Waals surface area (Å²) in [5.41, 5.74) is 4.07. The van der Waals surface area contributed by atoms with Gasteiger partial charge in [-0.05, 0) is 56.7 Å². The molecule has 0 saturated carbocycles. The maximum Gasteiger partial charge on any atom is 0.243 e. The Morgan fingerprint density at radius 3 is 2.22 bits per heavy atom. The number of benzene rings is 3. The van der Waals surface area contributed by atoms with E-state index in [0.29, 0.717) is 31.1 Å². The number of aromatic nitrogens is 2. The Hall–Kier alpha value is -3.33. The zero-order valence-electron chi connectivity index (χ0n) is 20.8. The van der Waals surface area contributed by atoms with Gasteiger partial charge in [0.05, 0.1) is 16.5 Å². The molecule has 1 atom stereocenters. The molecule has 1 saturated heterocycles. The van der Waals surface area contributed by atoms with Crippen LogP contribution in [0.1, 0.15) is 29.9 Å². The molecule has 5 rings (SSSR count). The minimum absolute atomic E-state index is 0.0590. The summed E-state index contributed by atoms with van der Waals surface area (Å²) in [5, 5.41) is 4.47. The standard InChI is InChI=1S/C28H31N5O2S/c1-20-12-14-23(15-13-20)36(34,35)33-18-16-32(17-19-33)22(3)27-30-26-11-7-5-9-24(26)28(31-27)29-25-10-6-4-8-21(25)2/h4-15,22H,16-19H2,1-3H3,(H,29,30,31)/t22-/m1/s1. The van der Waals surface area contributed by atoms with Crippen LogP contribution in [-0.4, -0.2) is 53.8 Å². The molecule has 3 aromatic carbocycles. The van der Waals surface area contributed by atoms with Crippen LogP contribution in [0.4, 0.5) is 11.5 Å². The molecular weight excluding hydrogens is 470 g/mol. The molecule has 1 aliphatic heterocycles. The highest BCUT2D eigenvalue weighted by Gasteiger charge is 2.31. The van der Waals surface area contributed by atoms with Gasteiger partial charge in [-0.3, -0.25) is 4.90 Å². The summed E-state index contributed by atoms with van der Waals surface area (Å²) in [6, 6.07) is 23.1. The van der Waals surface area contributed by atoms with Crippen molar-refractivity contribution in [1.29, 1.82) is 0 Å². The Labute approximate surface area is 212 Å². The summed E-state index contributed by atoms with van der Waals surface area (Å²) in [6.45, 7) is 8.20. The van der Waals surface area contributed by atoms with Gasteiger partial charge in [0, 0.05) is 37.3 Å². The first-order valence-electron chi connectivity index (χ1n) is 12.2. The Morgan fingerprint density at radius 1 is 0.833 bits per heavy atom. The number of fused-ring (bicyclic) bond motifs is 1. The van der Waals surface area contributed by atoms with Gasteiger partial charge < -0.3 is 5.32 Å². The monoisotopic (exact) mass is 501 g/mol. The molecule has 0 spiro atoms. The lowest BCUT2D eigenvalue weighted by Gasteiger charge is -2.36. The van der Waals surface area contributed by atoms with Crippen LogP contribution in [-0.2, 0) is 10.0 Å². The van der Waals surface area contributed by atoms with E-state index in [1.54, 1.807) is 16.4 Å². The second kappa shape index (κ2) is 9.97. The highest BCUT2D eigenvalue weighted by atomic mass is 32.2. The third-order valence-electron chi connectivity index (χ3n) is 6.87. The SMILES string of the molecule is Cc1ccc(S(=O)(=O)N2CCN([C@H](C)c3nc(Nc4ccccc4C)c4ccccc4n3)CC2)cc1. The van der Waals surface area contributed by atoms with Crippen LogP contribution >= 0.6 is 0 Å². The summed E-state index contributed by atoms with van der Waals surface area (Å²) in [6.07, 6.45) is 0. The lowest BCUT2D eigenvalue weighted by molar-refractivity contribution is 0.141. The first-order chi connectivity index (χ1) is 17.3. The fourth-order valence-electron chi connectivity index (χ4n) is 4.57. The molecule has 0 radical (unpaired) electrons. The minimum atomic E-state index is -3.50. The maximum absolute atomic E-state index is 13.1. The number of anilines is 2. The van der Waals surface area contributed by atoms with E-state index < -0.39 is 10.0 Å². The van der Waals surface area contributed by atoms with Gasteiger partial charge in [-0.25, -0.2) is 18.4 Å². The van der Waals surface area contributed by atoms with E-state index >= 15 is 0 Å². The number of hydrogen-bond acceptors (Lipinski definition) is 6. The summed E-state index contributed by atoms with van der Waals surface area (Å²) in [4.78, 5) is 12.4. The number of piperazine rings is 1. The normalized spacial score (nSPS) is 16.2. The fraction of sp³-hybridized carbons (Fsp3) is 0.286. The molecule has 1 aliphatic rings. The van der Waals surface area contributed by atoms with E-state index in [2.05, 4.69) is 30.1 Å². The Balaban J connectivity index is 1.37. The first-order valence-corrected chi connectivity index (χ1v) is 13.7. The number of rotatable bonds is 6. The zero-order valence-corrected chi connectivity index (χ0v) is 21.7. The summed E-state index contributed by atoms with van der Waals surface area (Å²) in [5.74, 6) is 1.50. The van der Waals surface area contributed by atoms with Gasteiger partial charge >= 0.3 is 0 Å². The van der Waals surface area contributed by atoms with Gasteiger partial charge in [-0.15, -0.1) is 0 Å². The van der Waals surface area contributed by atoms with Crippen molar-refractivity contribution < 1.29 is 8.42 Å². The molecule has 0 bridgehead atoms. The molecule has 4 aromatic rings. The van der Waals surface area contributed by atoms with Gasteiger partial charge in [0.2, 0.25) is 10.0 Å². The average Bonchev–Trinajstić information content (AvgIpc) is 2.90. The van der Waals surface area contributed by atoms with E-state index in [0.717, 1.165) is 39.4 Å². The van der Waals surface area contributed by atoms with Crippen LogP contribution in [0, 0.1) is 13.8 Å². The predicted octanol–water partition coefficient (Wildman–Crippen LogP) is 5.06. The lowest BCUT2D eigenvalue weighted by atomic mass is 10.1. The molecule has 1 N–H and O–H groups in total. The van der Waals surface area contributed by atoms with Crippen LogP contribution in [0.3, 0.4) is 0 Å². The van der Waals surface area contributed by atoms with E-state index in [1.165, 1.54) is 0 Å². The van der Waals surface area contributed by atoms with E-state index in [9.17, 15) is 8.42 Å². The molecule has 1 aromatic heterocycles. The predicted molar refractivity (Wildman–Crippen MR) is 144 cm³/mol. The lowest BCUT2D eigenvalue weighted by Crippen LogP contribution is -2.49. The first kappa shape index (κ1) is 24.4. The second-order valence-corrected chi connectivity index (χ2v) is 11.3. The number of nitrogens with zero attached hydrogens (tertiary/aromatic N) is 4. The van der Waals surface area contributed by atoms with Gasteiger partial charge in [0.25, 0.3) is 0 Å². The molecule has 0 aliphatic carbocycles. The van der Waals surface area contributed by atoms with Crippen molar-refractivity contribution in [1.82, 2.24) is 19.2 Å². The molecule has 0 unspecified atom stereocenters. The highest BCUT2D eigenvalue weighted by molar-refractivity contribution is 7.89. The number of sulfonamides is 1. The summed E-state index contributed by atoms with van der Waals surface area (Å²) in [7, 11) is -3.50. The molecule has 1 fully saturated rings. The maximum atomic E-state index is 13.1. The van der Waals surface area contributed by atoms with Crippen molar-refractivity contribution in [2.45, 2.75) is 31.7 Å². The van der Waals surface area contributed by atoms with E-state index in [4.69, 9.17) is 9.97 Å². The average molecular weight is 502 g/mol. The smallest absolute Gasteiger partial charge is 0.243 e. The zero-order chi connectivity index (χ0) is 25.3. The van der Waals surface area contributed by atoms with Gasteiger partial charge in [-0.2, -0.15) is 4.31 Å². The van der Waals surface area contributed by atoms with Gasteiger partial charge in [0.15, 0.2) is 0 Å². The van der Waals surface area contributed by atoms with E-state index in [1.807, 2.05) is 61.5 Å². The molecule has 0 amide bonds. The van der Waals surface area contributed by atoms with Crippen molar-refractivity contribution in [3.8, 4) is 0 Å². The number of hydrogen-bond donors (Lipinski definition) is 1. The van der Waals surface area contributed by atoms with Gasteiger partial charge in [-0.1, -0.05) is 48.0 Å². The summed E-state index contributed by atoms with van der Waals surface area (Å²) >= 11 is 0. The molecule has 36 heavy (non-hydrogen) atoms. The molecular formula is C28H31N5O2S. The quantitative estimate of drug-likeness (QED) is 0.398. The third-order valence-corrected chi connectivity index (χ3v) is 8.78. The van der Waals surface area contributed by atoms with Crippen molar-refractivity contribution in [2.24, 2.45) is 0 Å². The van der Waals surface area contributed by atoms with Crippen molar-refractivity contribution in [3.05, 3.63) is 89.7 Å². The minimum Gasteiger partial charge on any atom is -0.339 e. The van der Waals surface area contributed by atoms with Crippen LogP contribution in [0.2, 0.25) is 0 Å². The highest BCUT2D eigenvalue weighted by Crippen LogP contribution is 2.29. The fourth-order valence-corrected chi connectivity index (χ4v) is 5.99. The summed E-state index contributed by atoms with van der Waals surface area (Å²) < 4.78 is 27.8. The number of aryl methyl sites for hydroxylation is 2. The largest absolute Gasteiger partial charge is 0.339 e. The van der Waals surface area contributed by atoms with Crippen molar-refractivity contribution in [3.63, 3.8) is 0 Å². The Bertz CT molecular complexity index is 1480. The topological polar surface area (TPSA) is 78.4 Å².